The number of nitrogens with one attached hydrogen (secondary N) is 1. The topological polar surface area (TPSA) is 32.3 Å². The quantitative estimate of drug-likeness (QED) is 0.771. The zero-order chi connectivity index (χ0) is 10.7. The Bertz CT molecular complexity index is 295. The average molecular weight is 205 g/mol. The number of aliphatic hydroxyl groups excluding tert-OH is 1. The molecule has 15 heavy (non-hydrogen) atoms. The monoisotopic (exact) mass is 205 g/mol. The summed E-state index contributed by atoms with van der Waals surface area (Å²) >= 11 is 0. The molecule has 1 aromatic rings. The van der Waals surface area contributed by atoms with Crippen molar-refractivity contribution >= 4 is 0 Å². The molecule has 1 fully saturated rings. The van der Waals surface area contributed by atoms with Crippen LogP contribution >= 0.6 is 0 Å². The van der Waals surface area contributed by atoms with Crippen LogP contribution in [0.15, 0.2) is 30.3 Å². The van der Waals surface area contributed by atoms with Gasteiger partial charge in [-0.3, -0.25) is 0 Å². The second kappa shape index (κ2) is 4.77. The van der Waals surface area contributed by atoms with Gasteiger partial charge < -0.3 is 10.4 Å². The standard InChI is InChI=1S/C13H19NO/c1-10(11-7-8-11)14-13(9-15)12-5-3-2-4-6-12/h2-6,10-11,13-15H,7-9H2,1H3/t10-,13+/m0/s1. The van der Waals surface area contributed by atoms with Gasteiger partial charge in [0, 0.05) is 6.04 Å². The van der Waals surface area contributed by atoms with Gasteiger partial charge in [-0.05, 0) is 31.2 Å². The highest BCUT2D eigenvalue weighted by Gasteiger charge is 2.29. The molecule has 0 bridgehead atoms. The normalized spacial score (nSPS) is 19.9. The van der Waals surface area contributed by atoms with Gasteiger partial charge in [0.05, 0.1) is 12.6 Å². The molecule has 2 heteroatoms. The van der Waals surface area contributed by atoms with Gasteiger partial charge in [-0.1, -0.05) is 30.3 Å². The maximum Gasteiger partial charge on any atom is 0.0626 e. The lowest BCUT2D eigenvalue weighted by molar-refractivity contribution is 0.231. The van der Waals surface area contributed by atoms with Gasteiger partial charge in [0.2, 0.25) is 0 Å². The molecule has 82 valence electrons. The minimum absolute atomic E-state index is 0.0850. The van der Waals surface area contributed by atoms with Crippen LogP contribution in [0.5, 0.6) is 0 Å². The Morgan fingerprint density at radius 1 is 1.33 bits per heavy atom. The summed E-state index contributed by atoms with van der Waals surface area (Å²) in [5, 5.41) is 12.9. The fourth-order valence-corrected chi connectivity index (χ4v) is 1.99. The van der Waals surface area contributed by atoms with Crippen molar-refractivity contribution in [1.82, 2.24) is 5.32 Å². The molecule has 0 unspecified atom stereocenters. The Kier molecular flexibility index (Phi) is 3.39. The maximum atomic E-state index is 9.37. The summed E-state index contributed by atoms with van der Waals surface area (Å²) in [6.45, 7) is 2.38. The van der Waals surface area contributed by atoms with E-state index in [9.17, 15) is 5.11 Å². The van der Waals surface area contributed by atoms with E-state index in [-0.39, 0.29) is 12.6 Å². The smallest absolute Gasteiger partial charge is 0.0626 e. The molecule has 2 nitrogen and oxygen atoms in total. The lowest BCUT2D eigenvalue weighted by atomic mass is 10.1. The molecule has 1 aliphatic carbocycles. The van der Waals surface area contributed by atoms with Crippen LogP contribution in [0.2, 0.25) is 0 Å². The first-order valence-corrected chi connectivity index (χ1v) is 5.73. The number of hydrogen-bond donors (Lipinski definition) is 2. The molecule has 0 aromatic heterocycles. The Hall–Kier alpha value is -0.860. The molecule has 1 saturated carbocycles. The van der Waals surface area contributed by atoms with Crippen molar-refractivity contribution in [3.05, 3.63) is 35.9 Å². The molecule has 0 spiro atoms. The minimum atomic E-state index is 0.0850. The van der Waals surface area contributed by atoms with Gasteiger partial charge >= 0.3 is 0 Å². The molecule has 0 radical (unpaired) electrons. The van der Waals surface area contributed by atoms with Crippen molar-refractivity contribution < 1.29 is 5.11 Å². The summed E-state index contributed by atoms with van der Waals surface area (Å²) < 4.78 is 0. The molecule has 1 aliphatic rings. The zero-order valence-electron chi connectivity index (χ0n) is 9.19. The molecule has 0 amide bonds. The van der Waals surface area contributed by atoms with E-state index in [1.165, 1.54) is 18.4 Å². The number of hydrogen-bond acceptors (Lipinski definition) is 2. The van der Waals surface area contributed by atoms with Crippen LogP contribution in [-0.2, 0) is 0 Å². The van der Waals surface area contributed by atoms with Crippen molar-refractivity contribution in [2.24, 2.45) is 5.92 Å². The molecule has 0 heterocycles. The van der Waals surface area contributed by atoms with Gasteiger partial charge in [0.15, 0.2) is 0 Å². The van der Waals surface area contributed by atoms with E-state index in [1.807, 2.05) is 18.2 Å². The van der Waals surface area contributed by atoms with Crippen LogP contribution in [0.4, 0.5) is 0 Å². The van der Waals surface area contributed by atoms with E-state index in [1.54, 1.807) is 0 Å². The Labute approximate surface area is 91.3 Å². The van der Waals surface area contributed by atoms with E-state index in [4.69, 9.17) is 0 Å². The summed E-state index contributed by atoms with van der Waals surface area (Å²) in [6, 6.07) is 10.8. The molecular formula is C13H19NO. The molecule has 0 aliphatic heterocycles. The van der Waals surface area contributed by atoms with Crippen LogP contribution in [0.1, 0.15) is 31.4 Å². The van der Waals surface area contributed by atoms with E-state index in [2.05, 4.69) is 24.4 Å². The van der Waals surface area contributed by atoms with E-state index in [0.29, 0.717) is 6.04 Å². The first kappa shape index (κ1) is 10.7. The summed E-state index contributed by atoms with van der Waals surface area (Å²) in [7, 11) is 0. The molecule has 2 rings (SSSR count). The molecule has 1 aromatic carbocycles. The van der Waals surface area contributed by atoms with Crippen molar-refractivity contribution in [3.8, 4) is 0 Å². The fourth-order valence-electron chi connectivity index (χ4n) is 1.99. The van der Waals surface area contributed by atoms with Crippen molar-refractivity contribution in [2.75, 3.05) is 6.61 Å². The molecular weight excluding hydrogens is 186 g/mol. The SMILES string of the molecule is C[C@H](N[C@H](CO)c1ccccc1)C1CC1. The predicted molar refractivity (Wildman–Crippen MR) is 61.6 cm³/mol. The lowest BCUT2D eigenvalue weighted by Gasteiger charge is -2.21. The highest BCUT2D eigenvalue weighted by atomic mass is 16.3. The van der Waals surface area contributed by atoms with Crippen LogP contribution in [-0.4, -0.2) is 17.8 Å². The zero-order valence-corrected chi connectivity index (χ0v) is 9.19. The number of aliphatic hydroxyl groups is 1. The van der Waals surface area contributed by atoms with E-state index >= 15 is 0 Å². The van der Waals surface area contributed by atoms with E-state index < -0.39 is 0 Å². The highest BCUT2D eigenvalue weighted by molar-refractivity contribution is 5.19. The number of rotatable bonds is 5. The third-order valence-corrected chi connectivity index (χ3v) is 3.18. The summed E-state index contributed by atoms with van der Waals surface area (Å²) in [5.41, 5.74) is 1.17. The molecule has 2 atom stereocenters. The first-order valence-electron chi connectivity index (χ1n) is 5.73. The lowest BCUT2D eigenvalue weighted by Crippen LogP contribution is -2.34. The highest BCUT2D eigenvalue weighted by Crippen LogP contribution is 2.33. The fraction of sp³-hybridized carbons (Fsp3) is 0.538. The summed E-state index contributed by atoms with van der Waals surface area (Å²) in [6.07, 6.45) is 2.67. The first-order chi connectivity index (χ1) is 7.31. The van der Waals surface area contributed by atoms with Crippen molar-refractivity contribution in [3.63, 3.8) is 0 Å². The second-order valence-corrected chi connectivity index (χ2v) is 4.44. The van der Waals surface area contributed by atoms with Gasteiger partial charge in [0.25, 0.3) is 0 Å². The van der Waals surface area contributed by atoms with E-state index in [0.717, 1.165) is 5.92 Å². The average Bonchev–Trinajstić information content (AvgIpc) is 3.10. The van der Waals surface area contributed by atoms with Crippen molar-refractivity contribution in [2.45, 2.75) is 31.8 Å². The van der Waals surface area contributed by atoms with Gasteiger partial charge in [-0.15, -0.1) is 0 Å². The van der Waals surface area contributed by atoms with Crippen molar-refractivity contribution in [1.29, 1.82) is 0 Å². The largest absolute Gasteiger partial charge is 0.394 e. The molecule has 2 N–H and O–H groups in total. The van der Waals surface area contributed by atoms with Gasteiger partial charge in [-0.25, -0.2) is 0 Å². The van der Waals surface area contributed by atoms with Crippen LogP contribution in [0, 0.1) is 5.92 Å². The van der Waals surface area contributed by atoms with Crippen LogP contribution < -0.4 is 5.32 Å². The summed E-state index contributed by atoms with van der Waals surface area (Å²) in [5.74, 6) is 0.822. The third-order valence-electron chi connectivity index (χ3n) is 3.18. The minimum Gasteiger partial charge on any atom is -0.394 e. The van der Waals surface area contributed by atoms with Crippen LogP contribution in [0.25, 0.3) is 0 Å². The van der Waals surface area contributed by atoms with Crippen LogP contribution in [0.3, 0.4) is 0 Å². The Morgan fingerprint density at radius 2 is 2.00 bits per heavy atom. The summed E-state index contributed by atoms with van der Waals surface area (Å²) in [4.78, 5) is 0. The predicted octanol–water partition coefficient (Wildman–Crippen LogP) is 2.11. The maximum absolute atomic E-state index is 9.37. The Balaban J connectivity index is 1.97. The second-order valence-electron chi connectivity index (χ2n) is 4.44. The van der Waals surface area contributed by atoms with Gasteiger partial charge in [-0.2, -0.15) is 0 Å². The van der Waals surface area contributed by atoms with Gasteiger partial charge in [0.1, 0.15) is 0 Å². The third kappa shape index (κ3) is 2.80. The Morgan fingerprint density at radius 3 is 2.53 bits per heavy atom. The number of benzene rings is 1. The molecule has 0 saturated heterocycles.